The molecule has 0 radical (unpaired) electrons. The van der Waals surface area contributed by atoms with Gasteiger partial charge in [-0.2, -0.15) is 0 Å². The third-order valence-electron chi connectivity index (χ3n) is 2.89. The van der Waals surface area contributed by atoms with Crippen molar-refractivity contribution >= 4 is 0 Å². The van der Waals surface area contributed by atoms with E-state index in [2.05, 4.69) is 11.8 Å². The lowest BCUT2D eigenvalue weighted by Gasteiger charge is -2.08. The standard InChI is InChI=1S/C14H11FO.CH5N/c15-12-8-7-11-6-5-10-3-1-2-4-13(10)16-14(11)9-12;1-2/h1-4,7-9H,5-6H2;2H2,1H3. The number of fused-ring (bicyclic) bond motifs is 2. The van der Waals surface area contributed by atoms with Crippen molar-refractivity contribution in [2.24, 2.45) is 5.73 Å². The predicted octanol–water partition coefficient (Wildman–Crippen LogP) is 3.29. The van der Waals surface area contributed by atoms with Crippen LogP contribution in [0.15, 0.2) is 42.5 Å². The fourth-order valence-electron chi connectivity index (χ4n) is 2.03. The molecule has 2 N–H and O–H groups in total. The van der Waals surface area contributed by atoms with Crippen LogP contribution in [0.3, 0.4) is 0 Å². The molecule has 1 heterocycles. The molecule has 0 spiro atoms. The van der Waals surface area contributed by atoms with E-state index in [4.69, 9.17) is 4.74 Å². The van der Waals surface area contributed by atoms with E-state index in [1.165, 1.54) is 24.7 Å². The van der Waals surface area contributed by atoms with Crippen LogP contribution in [-0.4, -0.2) is 7.05 Å². The van der Waals surface area contributed by atoms with Crippen molar-refractivity contribution in [1.29, 1.82) is 0 Å². The van der Waals surface area contributed by atoms with Crippen molar-refractivity contribution in [3.63, 3.8) is 0 Å². The van der Waals surface area contributed by atoms with Gasteiger partial charge < -0.3 is 10.5 Å². The maximum absolute atomic E-state index is 13.1. The van der Waals surface area contributed by atoms with Gasteiger partial charge in [-0.05, 0) is 43.1 Å². The van der Waals surface area contributed by atoms with Crippen molar-refractivity contribution in [1.82, 2.24) is 0 Å². The molecule has 1 aliphatic heterocycles. The van der Waals surface area contributed by atoms with Crippen molar-refractivity contribution in [2.75, 3.05) is 7.05 Å². The van der Waals surface area contributed by atoms with Crippen LogP contribution in [0.5, 0.6) is 11.5 Å². The van der Waals surface area contributed by atoms with Gasteiger partial charge >= 0.3 is 0 Å². The van der Waals surface area contributed by atoms with E-state index in [0.29, 0.717) is 5.75 Å². The Morgan fingerprint density at radius 3 is 2.39 bits per heavy atom. The third-order valence-corrected chi connectivity index (χ3v) is 2.89. The van der Waals surface area contributed by atoms with Crippen LogP contribution in [0.2, 0.25) is 0 Å². The van der Waals surface area contributed by atoms with Crippen LogP contribution in [0.1, 0.15) is 11.1 Å². The molecule has 1 aliphatic rings. The van der Waals surface area contributed by atoms with Crippen molar-refractivity contribution in [2.45, 2.75) is 12.8 Å². The number of ether oxygens (including phenoxy) is 1. The highest BCUT2D eigenvalue weighted by atomic mass is 19.1. The first-order valence-corrected chi connectivity index (χ1v) is 5.95. The van der Waals surface area contributed by atoms with E-state index >= 15 is 0 Å². The van der Waals surface area contributed by atoms with Crippen molar-refractivity contribution < 1.29 is 9.13 Å². The minimum atomic E-state index is -0.252. The molecule has 0 bridgehead atoms. The molecule has 0 saturated carbocycles. The SMILES string of the molecule is CN.Fc1ccc2c(c1)Oc1ccccc1CC2. The molecule has 0 aromatic heterocycles. The summed E-state index contributed by atoms with van der Waals surface area (Å²) in [6.07, 6.45) is 1.83. The minimum Gasteiger partial charge on any atom is -0.457 e. The smallest absolute Gasteiger partial charge is 0.133 e. The quantitative estimate of drug-likeness (QED) is 0.773. The highest BCUT2D eigenvalue weighted by molar-refractivity contribution is 5.44. The summed E-state index contributed by atoms with van der Waals surface area (Å²) in [5, 5.41) is 0. The first kappa shape index (κ1) is 12.6. The molecule has 0 unspecified atom stereocenters. The van der Waals surface area contributed by atoms with Gasteiger partial charge in [-0.25, -0.2) is 4.39 Å². The summed E-state index contributed by atoms with van der Waals surface area (Å²) >= 11 is 0. The molecule has 2 nitrogen and oxygen atoms in total. The molecule has 0 saturated heterocycles. The molecule has 0 atom stereocenters. The Kier molecular flexibility index (Phi) is 3.95. The maximum atomic E-state index is 13.1. The first-order chi connectivity index (χ1) is 8.83. The number of hydrogen-bond donors (Lipinski definition) is 1. The van der Waals surface area contributed by atoms with Gasteiger partial charge in [-0.1, -0.05) is 24.3 Å². The van der Waals surface area contributed by atoms with E-state index in [1.807, 2.05) is 18.2 Å². The van der Waals surface area contributed by atoms with Gasteiger partial charge in [-0.15, -0.1) is 0 Å². The Morgan fingerprint density at radius 1 is 0.944 bits per heavy atom. The summed E-state index contributed by atoms with van der Waals surface area (Å²) in [6.45, 7) is 0. The lowest BCUT2D eigenvalue weighted by Crippen LogP contribution is -1.89. The van der Waals surface area contributed by atoms with Gasteiger partial charge in [0.2, 0.25) is 0 Å². The molecule has 94 valence electrons. The summed E-state index contributed by atoms with van der Waals surface area (Å²) in [4.78, 5) is 0. The number of nitrogens with two attached hydrogens (primary N) is 1. The number of halogens is 1. The summed E-state index contributed by atoms with van der Waals surface area (Å²) in [5.74, 6) is 1.23. The topological polar surface area (TPSA) is 35.2 Å². The average Bonchev–Trinajstić information content (AvgIpc) is 2.59. The molecule has 0 fully saturated rings. The zero-order valence-electron chi connectivity index (χ0n) is 10.3. The molecule has 3 rings (SSSR count). The lowest BCUT2D eigenvalue weighted by molar-refractivity contribution is 0.473. The van der Waals surface area contributed by atoms with Crippen LogP contribution in [0.4, 0.5) is 4.39 Å². The van der Waals surface area contributed by atoms with Gasteiger partial charge in [0.1, 0.15) is 17.3 Å². The summed E-state index contributed by atoms with van der Waals surface area (Å²) in [7, 11) is 1.50. The molecule has 18 heavy (non-hydrogen) atoms. The monoisotopic (exact) mass is 245 g/mol. The molecule has 0 amide bonds. The van der Waals surface area contributed by atoms with E-state index in [-0.39, 0.29) is 5.82 Å². The zero-order chi connectivity index (χ0) is 13.0. The van der Waals surface area contributed by atoms with E-state index in [1.54, 1.807) is 6.07 Å². The highest BCUT2D eigenvalue weighted by Crippen LogP contribution is 2.33. The highest BCUT2D eigenvalue weighted by Gasteiger charge is 2.14. The van der Waals surface area contributed by atoms with Gasteiger partial charge in [-0.3, -0.25) is 0 Å². The van der Waals surface area contributed by atoms with Crippen molar-refractivity contribution in [3.8, 4) is 11.5 Å². The van der Waals surface area contributed by atoms with Crippen molar-refractivity contribution in [3.05, 3.63) is 59.4 Å². The van der Waals surface area contributed by atoms with Crippen LogP contribution in [0, 0.1) is 5.82 Å². The Labute approximate surface area is 106 Å². The van der Waals surface area contributed by atoms with Gasteiger partial charge in [0, 0.05) is 6.07 Å². The Hall–Kier alpha value is -1.87. The Balaban J connectivity index is 0.000000574. The Morgan fingerprint density at radius 2 is 1.61 bits per heavy atom. The molecular formula is C15H16FNO. The van der Waals surface area contributed by atoms with E-state index < -0.39 is 0 Å². The zero-order valence-corrected chi connectivity index (χ0v) is 10.3. The normalized spacial score (nSPS) is 12.2. The van der Waals surface area contributed by atoms with Gasteiger partial charge in [0.05, 0.1) is 0 Å². The molecule has 2 aromatic carbocycles. The lowest BCUT2D eigenvalue weighted by atomic mass is 10.0. The molecule has 0 aliphatic carbocycles. The largest absolute Gasteiger partial charge is 0.457 e. The number of aryl methyl sites for hydroxylation is 2. The third kappa shape index (κ3) is 2.51. The number of benzene rings is 2. The fraction of sp³-hybridized carbons (Fsp3) is 0.200. The van der Waals surface area contributed by atoms with E-state index in [9.17, 15) is 4.39 Å². The molecule has 2 aromatic rings. The number of hydrogen-bond acceptors (Lipinski definition) is 2. The first-order valence-electron chi connectivity index (χ1n) is 5.95. The molecule has 3 heteroatoms. The Bertz CT molecular complexity index is 540. The van der Waals surface area contributed by atoms with Gasteiger partial charge in [0.25, 0.3) is 0 Å². The minimum absolute atomic E-state index is 0.252. The second-order valence-electron chi connectivity index (χ2n) is 3.96. The predicted molar refractivity (Wildman–Crippen MR) is 70.4 cm³/mol. The van der Waals surface area contributed by atoms with Crippen LogP contribution < -0.4 is 10.5 Å². The second-order valence-corrected chi connectivity index (χ2v) is 3.96. The number of para-hydroxylation sites is 1. The maximum Gasteiger partial charge on any atom is 0.133 e. The van der Waals surface area contributed by atoms with Crippen LogP contribution in [0.25, 0.3) is 0 Å². The molecular weight excluding hydrogens is 229 g/mol. The van der Waals surface area contributed by atoms with Crippen LogP contribution >= 0.6 is 0 Å². The average molecular weight is 245 g/mol. The van der Waals surface area contributed by atoms with Crippen LogP contribution in [-0.2, 0) is 12.8 Å². The summed E-state index contributed by atoms with van der Waals surface area (Å²) in [5.41, 5.74) is 6.75. The second kappa shape index (κ2) is 5.65. The fourth-order valence-corrected chi connectivity index (χ4v) is 2.03. The van der Waals surface area contributed by atoms with Gasteiger partial charge in [0.15, 0.2) is 0 Å². The van der Waals surface area contributed by atoms with E-state index in [0.717, 1.165) is 24.2 Å². The summed E-state index contributed by atoms with van der Waals surface area (Å²) < 4.78 is 18.9. The number of rotatable bonds is 0. The summed E-state index contributed by atoms with van der Waals surface area (Å²) in [6, 6.07) is 12.7.